The predicted molar refractivity (Wildman–Crippen MR) is 87.3 cm³/mol. The van der Waals surface area contributed by atoms with Crippen LogP contribution in [0.15, 0.2) is 41.8 Å². The van der Waals surface area contributed by atoms with Crippen LogP contribution in [0.5, 0.6) is 0 Å². The number of hydrogen-bond acceptors (Lipinski definition) is 6. The fraction of sp³-hybridized carbons (Fsp3) is 0.0714. The lowest BCUT2D eigenvalue weighted by Crippen LogP contribution is -2.37. The molecule has 0 aliphatic heterocycles. The molecule has 0 unspecified atom stereocenters. The maximum Gasteiger partial charge on any atom is 0.281 e. The molecule has 0 saturated carbocycles. The summed E-state index contributed by atoms with van der Waals surface area (Å²) < 4.78 is 0. The molecule has 0 aliphatic carbocycles. The van der Waals surface area contributed by atoms with Crippen molar-refractivity contribution in [2.24, 2.45) is 10.8 Å². The molecule has 1 heterocycles. The minimum atomic E-state index is -0.763. The summed E-state index contributed by atoms with van der Waals surface area (Å²) in [6, 6.07) is 8.56. The Morgan fingerprint density at radius 2 is 1.88 bits per heavy atom. The molecule has 1 aromatic carbocycles. The van der Waals surface area contributed by atoms with Crippen molar-refractivity contribution in [3.63, 3.8) is 0 Å². The number of amides is 3. The minimum Gasteiger partial charge on any atom is -0.364 e. The van der Waals surface area contributed by atoms with Gasteiger partial charge in [-0.15, -0.1) is 0 Å². The van der Waals surface area contributed by atoms with Gasteiger partial charge in [0, 0.05) is 12.7 Å². The minimum absolute atomic E-state index is 0.00332. The molecule has 0 atom stereocenters. The Kier molecular flexibility index (Phi) is 5.24. The highest BCUT2D eigenvalue weighted by Gasteiger charge is 2.20. The maximum absolute atomic E-state index is 12.2. The van der Waals surface area contributed by atoms with Crippen LogP contribution in [0.4, 0.5) is 11.5 Å². The Bertz CT molecular complexity index is 783. The number of nitrogens with two attached hydrogens (primary N) is 1. The van der Waals surface area contributed by atoms with Gasteiger partial charge in [-0.3, -0.25) is 19.8 Å². The summed E-state index contributed by atoms with van der Waals surface area (Å²) in [5, 5.41) is 8.57. The van der Waals surface area contributed by atoms with Crippen LogP contribution in [0.2, 0.25) is 0 Å². The van der Waals surface area contributed by atoms with Crippen molar-refractivity contribution in [3.8, 4) is 0 Å². The summed E-state index contributed by atoms with van der Waals surface area (Å²) in [6.45, 7) is 0. The van der Waals surface area contributed by atoms with E-state index in [0.717, 1.165) is 0 Å². The molecule has 10 heteroatoms. The molecule has 10 nitrogen and oxygen atoms in total. The number of carbonyl (C=O) groups excluding carboxylic acids is 3. The zero-order chi connectivity index (χ0) is 17.5. The number of imidazole rings is 1. The van der Waals surface area contributed by atoms with E-state index < -0.39 is 23.4 Å². The van der Waals surface area contributed by atoms with Crippen LogP contribution >= 0.6 is 0 Å². The Labute approximate surface area is 136 Å². The molecular formula is C14H15N7O3. The third kappa shape index (κ3) is 3.94. The van der Waals surface area contributed by atoms with E-state index in [9.17, 15) is 14.4 Å². The number of H-pyrrole nitrogens is 1. The van der Waals surface area contributed by atoms with Crippen molar-refractivity contribution in [2.75, 3.05) is 17.8 Å². The van der Waals surface area contributed by atoms with E-state index in [4.69, 9.17) is 5.73 Å². The summed E-state index contributed by atoms with van der Waals surface area (Å²) in [5.41, 5.74) is 7.56. The van der Waals surface area contributed by atoms with E-state index in [1.54, 1.807) is 30.3 Å². The van der Waals surface area contributed by atoms with E-state index in [0.29, 0.717) is 5.69 Å². The van der Waals surface area contributed by atoms with Gasteiger partial charge in [0.25, 0.3) is 17.7 Å². The van der Waals surface area contributed by atoms with Crippen LogP contribution in [0, 0.1) is 0 Å². The number of hydrogen-bond donors (Lipinski definition) is 5. The van der Waals surface area contributed by atoms with Crippen molar-refractivity contribution in [2.45, 2.75) is 0 Å². The smallest absolute Gasteiger partial charge is 0.281 e. The number of aromatic nitrogens is 2. The standard InChI is InChI=1S/C14H15N7O3/c1-16-13(23)10(14(24)19-8-5-3-2-4-6-8)20-21-12-9(11(15)22)17-7-18-12/h2-7,21H,1H3,(H2,15,22)(H,16,23)(H,17,18)(H,19,24)/b20-10-. The van der Waals surface area contributed by atoms with Gasteiger partial charge < -0.3 is 21.4 Å². The Balaban J connectivity index is 2.21. The molecule has 2 rings (SSSR count). The Morgan fingerprint density at radius 3 is 2.50 bits per heavy atom. The fourth-order valence-corrected chi connectivity index (χ4v) is 1.71. The SMILES string of the molecule is CNC(=O)/C(=N/Nc1nc[nH]c1C(N)=O)C(=O)Nc1ccccc1. The summed E-state index contributed by atoms with van der Waals surface area (Å²) in [4.78, 5) is 41.6. The first-order valence-corrected chi connectivity index (χ1v) is 6.78. The molecule has 3 amide bonds. The van der Waals surface area contributed by atoms with E-state index in [-0.39, 0.29) is 11.5 Å². The highest BCUT2D eigenvalue weighted by Crippen LogP contribution is 2.09. The average Bonchev–Trinajstić information content (AvgIpc) is 3.04. The van der Waals surface area contributed by atoms with E-state index >= 15 is 0 Å². The van der Waals surface area contributed by atoms with Crippen molar-refractivity contribution in [1.82, 2.24) is 15.3 Å². The molecule has 1 aromatic heterocycles. The maximum atomic E-state index is 12.2. The molecule has 0 spiro atoms. The molecule has 0 aliphatic rings. The molecule has 0 radical (unpaired) electrons. The van der Waals surface area contributed by atoms with Crippen LogP contribution in [0.25, 0.3) is 0 Å². The van der Waals surface area contributed by atoms with E-state index in [1.165, 1.54) is 13.4 Å². The highest BCUT2D eigenvalue weighted by molar-refractivity contribution is 6.67. The Hall–Kier alpha value is -3.69. The lowest BCUT2D eigenvalue weighted by Gasteiger charge is -2.07. The van der Waals surface area contributed by atoms with Crippen molar-refractivity contribution < 1.29 is 14.4 Å². The third-order valence-corrected chi connectivity index (χ3v) is 2.85. The van der Waals surface area contributed by atoms with Crippen LogP contribution in [-0.4, -0.2) is 40.4 Å². The van der Waals surface area contributed by atoms with Crippen LogP contribution in [-0.2, 0) is 9.59 Å². The average molecular weight is 329 g/mol. The van der Waals surface area contributed by atoms with Gasteiger partial charge in [-0.1, -0.05) is 18.2 Å². The van der Waals surface area contributed by atoms with Gasteiger partial charge in [-0.25, -0.2) is 4.98 Å². The highest BCUT2D eigenvalue weighted by atomic mass is 16.2. The first-order valence-electron chi connectivity index (χ1n) is 6.78. The van der Waals surface area contributed by atoms with Crippen molar-refractivity contribution >= 4 is 34.9 Å². The van der Waals surface area contributed by atoms with Gasteiger partial charge >= 0.3 is 0 Å². The van der Waals surface area contributed by atoms with Gasteiger partial charge in [0.05, 0.1) is 6.33 Å². The van der Waals surface area contributed by atoms with Gasteiger partial charge in [0.1, 0.15) is 5.69 Å². The quantitative estimate of drug-likeness (QED) is 0.279. The zero-order valence-electron chi connectivity index (χ0n) is 12.7. The third-order valence-electron chi connectivity index (χ3n) is 2.85. The molecule has 124 valence electrons. The van der Waals surface area contributed by atoms with Gasteiger partial charge in [-0.05, 0) is 12.1 Å². The number of nitrogens with one attached hydrogen (secondary N) is 4. The molecule has 0 fully saturated rings. The molecule has 0 saturated heterocycles. The lowest BCUT2D eigenvalue weighted by atomic mass is 10.3. The van der Waals surface area contributed by atoms with Gasteiger partial charge in [0.15, 0.2) is 5.82 Å². The first-order chi connectivity index (χ1) is 11.5. The van der Waals surface area contributed by atoms with Crippen molar-refractivity contribution in [3.05, 3.63) is 42.4 Å². The molecule has 0 bridgehead atoms. The molecule has 24 heavy (non-hydrogen) atoms. The zero-order valence-corrected chi connectivity index (χ0v) is 12.7. The summed E-state index contributed by atoms with van der Waals surface area (Å²) in [6.07, 6.45) is 1.22. The predicted octanol–water partition coefficient (Wildman–Crippen LogP) is -0.339. The van der Waals surface area contributed by atoms with Crippen LogP contribution in [0.1, 0.15) is 10.5 Å². The number of primary amides is 1. The number of hydrazone groups is 1. The first kappa shape index (κ1) is 16.7. The van der Waals surface area contributed by atoms with Gasteiger partial charge in [0.2, 0.25) is 5.71 Å². The number of benzene rings is 1. The van der Waals surface area contributed by atoms with Crippen LogP contribution < -0.4 is 21.8 Å². The second-order valence-electron chi connectivity index (χ2n) is 4.46. The van der Waals surface area contributed by atoms with Gasteiger partial charge in [-0.2, -0.15) is 5.10 Å². The normalized spacial score (nSPS) is 10.8. The number of carbonyl (C=O) groups is 3. The number of aromatic amines is 1. The molecule has 6 N–H and O–H groups in total. The largest absolute Gasteiger partial charge is 0.364 e. The Morgan fingerprint density at radius 1 is 1.17 bits per heavy atom. The number of para-hydroxylation sites is 1. The number of anilines is 2. The molecular weight excluding hydrogens is 314 g/mol. The second-order valence-corrected chi connectivity index (χ2v) is 4.46. The summed E-state index contributed by atoms with van der Waals surface area (Å²) in [5.74, 6) is -2.21. The summed E-state index contributed by atoms with van der Waals surface area (Å²) >= 11 is 0. The fourth-order valence-electron chi connectivity index (χ4n) is 1.71. The van der Waals surface area contributed by atoms with Crippen molar-refractivity contribution in [1.29, 1.82) is 0 Å². The summed E-state index contributed by atoms with van der Waals surface area (Å²) in [7, 11) is 1.36. The van der Waals surface area contributed by atoms with Crippen LogP contribution in [0.3, 0.4) is 0 Å². The monoisotopic (exact) mass is 329 g/mol. The van der Waals surface area contributed by atoms with E-state index in [1.807, 2.05) is 0 Å². The van der Waals surface area contributed by atoms with E-state index in [2.05, 4.69) is 31.1 Å². The number of rotatable bonds is 6. The lowest BCUT2D eigenvalue weighted by molar-refractivity contribution is -0.116. The topological polar surface area (TPSA) is 154 Å². The second kappa shape index (κ2) is 7.54. The molecule has 2 aromatic rings. The number of nitrogens with zero attached hydrogens (tertiary/aromatic N) is 2.